The predicted octanol–water partition coefficient (Wildman–Crippen LogP) is 6.67. The molecule has 0 fully saturated rings. The highest BCUT2D eigenvalue weighted by molar-refractivity contribution is 14.1. The van der Waals surface area contributed by atoms with Gasteiger partial charge in [-0.1, -0.05) is 36.4 Å². The van der Waals surface area contributed by atoms with Crippen molar-refractivity contribution in [2.75, 3.05) is 0 Å². The van der Waals surface area contributed by atoms with Crippen LogP contribution in [0.25, 0.3) is 0 Å². The van der Waals surface area contributed by atoms with E-state index in [-0.39, 0.29) is 5.97 Å². The van der Waals surface area contributed by atoms with Gasteiger partial charge in [-0.2, -0.15) is 0 Å². The second-order valence-corrected chi connectivity index (χ2v) is 10.5. The Hall–Kier alpha value is -0.150. The Morgan fingerprint density at radius 3 is 2.15 bits per heavy atom. The lowest BCUT2D eigenvalue weighted by Gasteiger charge is -2.38. The van der Waals surface area contributed by atoms with Crippen LogP contribution >= 0.6 is 90.4 Å². The van der Waals surface area contributed by atoms with Crippen molar-refractivity contribution in [3.63, 3.8) is 0 Å². The second-order valence-electron chi connectivity index (χ2n) is 6.17. The predicted molar refractivity (Wildman–Crippen MR) is 136 cm³/mol. The average molecular weight is 804 g/mol. The van der Waals surface area contributed by atoms with Crippen molar-refractivity contribution < 1.29 is 14.3 Å². The summed E-state index contributed by atoms with van der Waals surface area (Å²) in [6.45, 7) is 0. The summed E-state index contributed by atoms with van der Waals surface area (Å²) in [7, 11) is 0. The summed E-state index contributed by atoms with van der Waals surface area (Å²) < 4.78 is 16.9. The Labute approximate surface area is 210 Å². The molecule has 0 aliphatic carbocycles. The van der Waals surface area contributed by atoms with Crippen molar-refractivity contribution in [3.8, 4) is 11.5 Å². The maximum absolute atomic E-state index is 12.8. The van der Waals surface area contributed by atoms with Gasteiger partial charge >= 0.3 is 5.97 Å². The number of benzene rings is 3. The molecular weight excluding hydrogens is 796 g/mol. The number of para-hydroxylation sites is 1. The summed E-state index contributed by atoms with van der Waals surface area (Å²) in [6, 6.07) is 15.5. The van der Waals surface area contributed by atoms with Crippen LogP contribution in [-0.4, -0.2) is 5.97 Å². The molecule has 0 amide bonds. The largest absolute Gasteiger partial charge is 0.455 e. The fourth-order valence-electron chi connectivity index (χ4n) is 3.72. The number of hydrogen-bond donors (Lipinski definition) is 0. The molecule has 0 radical (unpaired) electrons. The van der Waals surface area contributed by atoms with Gasteiger partial charge in [0.25, 0.3) is 0 Å². The van der Waals surface area contributed by atoms with Gasteiger partial charge in [-0.3, -0.25) is 0 Å². The molecule has 3 aromatic carbocycles. The molecule has 134 valence electrons. The van der Waals surface area contributed by atoms with Crippen LogP contribution in [0.5, 0.6) is 11.5 Å². The number of carbonyl (C=O) groups excluding carboxylic acids is 1. The Morgan fingerprint density at radius 1 is 0.741 bits per heavy atom. The van der Waals surface area contributed by atoms with Gasteiger partial charge < -0.3 is 9.47 Å². The fourth-order valence-corrected chi connectivity index (χ4v) is 7.35. The van der Waals surface area contributed by atoms with E-state index in [0.29, 0.717) is 5.56 Å². The lowest BCUT2D eigenvalue weighted by atomic mass is 9.78. The number of fused-ring (bicyclic) bond motifs is 6. The van der Waals surface area contributed by atoms with E-state index >= 15 is 0 Å². The smallest absolute Gasteiger partial charge is 0.340 e. The summed E-state index contributed by atoms with van der Waals surface area (Å²) in [5.41, 5.74) is 2.27. The molecule has 2 aliphatic rings. The molecule has 0 saturated heterocycles. The molecule has 1 atom stereocenters. The van der Waals surface area contributed by atoms with E-state index in [0.717, 1.165) is 42.5 Å². The molecule has 0 bridgehead atoms. The first-order valence-electron chi connectivity index (χ1n) is 7.93. The van der Waals surface area contributed by atoms with E-state index in [1.165, 1.54) is 0 Å². The van der Waals surface area contributed by atoms with E-state index < -0.39 is 5.60 Å². The van der Waals surface area contributed by atoms with Gasteiger partial charge in [-0.15, -0.1) is 0 Å². The third-order valence-electron chi connectivity index (χ3n) is 4.83. The molecule has 1 unspecified atom stereocenters. The van der Waals surface area contributed by atoms with E-state index in [4.69, 9.17) is 9.47 Å². The van der Waals surface area contributed by atoms with Crippen LogP contribution in [0, 0.1) is 14.3 Å². The maximum Gasteiger partial charge on any atom is 0.340 e. The van der Waals surface area contributed by atoms with Crippen molar-refractivity contribution in [2.24, 2.45) is 0 Å². The topological polar surface area (TPSA) is 35.5 Å². The number of hydrogen-bond acceptors (Lipinski definition) is 3. The zero-order chi connectivity index (χ0) is 18.9. The zero-order valence-electron chi connectivity index (χ0n) is 13.4. The standard InChI is InChI=1S/C20H8I4O3/c21-14-13-18(17(24)16(23)15(14)22)26-12-8-4-3-7-11(12)20(13)10-6-2-1-5-9(10)19(25)27-20/h1-8H. The van der Waals surface area contributed by atoms with Crippen LogP contribution in [0.2, 0.25) is 0 Å². The SMILES string of the molecule is O=C1OC2(c3ccccc3Oc3c(I)c(I)c(I)c(I)c32)c2ccccc21. The third kappa shape index (κ3) is 2.49. The van der Waals surface area contributed by atoms with Gasteiger partial charge in [0, 0.05) is 21.8 Å². The normalized spacial score (nSPS) is 19.2. The van der Waals surface area contributed by atoms with Crippen molar-refractivity contribution in [2.45, 2.75) is 5.60 Å². The number of ether oxygens (including phenoxy) is 2. The minimum Gasteiger partial charge on any atom is -0.455 e. The Kier molecular flexibility index (Phi) is 4.67. The number of esters is 1. The van der Waals surface area contributed by atoms with Crippen LogP contribution < -0.4 is 4.74 Å². The van der Waals surface area contributed by atoms with Gasteiger partial charge in [0.1, 0.15) is 5.75 Å². The molecule has 5 rings (SSSR count). The molecule has 7 heteroatoms. The van der Waals surface area contributed by atoms with Crippen LogP contribution in [0.3, 0.4) is 0 Å². The first-order valence-corrected chi connectivity index (χ1v) is 12.2. The Bertz CT molecular complexity index is 1160. The molecule has 3 nitrogen and oxygen atoms in total. The summed E-state index contributed by atoms with van der Waals surface area (Å²) in [6.07, 6.45) is 0. The Morgan fingerprint density at radius 2 is 1.37 bits per heavy atom. The summed E-state index contributed by atoms with van der Waals surface area (Å²) in [4.78, 5) is 12.8. The second kappa shape index (κ2) is 6.69. The molecule has 0 aromatic heterocycles. The molecule has 3 aromatic rings. The molecule has 0 saturated carbocycles. The minimum atomic E-state index is -0.988. The molecule has 2 heterocycles. The monoisotopic (exact) mass is 804 g/mol. The van der Waals surface area contributed by atoms with Crippen molar-refractivity contribution in [3.05, 3.63) is 85.1 Å². The summed E-state index contributed by atoms with van der Waals surface area (Å²) in [5, 5.41) is 0. The lowest BCUT2D eigenvalue weighted by molar-refractivity contribution is 0.0221. The first kappa shape index (κ1) is 18.9. The van der Waals surface area contributed by atoms with Crippen LogP contribution in [0.15, 0.2) is 48.5 Å². The molecule has 0 N–H and O–H groups in total. The number of carbonyl (C=O) groups is 1. The highest BCUT2D eigenvalue weighted by Gasteiger charge is 2.55. The average Bonchev–Trinajstić information content (AvgIpc) is 2.98. The van der Waals surface area contributed by atoms with Gasteiger partial charge in [0.05, 0.1) is 14.7 Å². The van der Waals surface area contributed by atoms with Gasteiger partial charge in [0.2, 0.25) is 0 Å². The van der Waals surface area contributed by atoms with E-state index in [1.54, 1.807) is 0 Å². The maximum atomic E-state index is 12.8. The highest BCUT2D eigenvalue weighted by atomic mass is 127. The van der Waals surface area contributed by atoms with E-state index in [2.05, 4.69) is 90.4 Å². The fraction of sp³-hybridized carbons (Fsp3) is 0.0500. The molecular formula is C20H8I4O3. The minimum absolute atomic E-state index is 0.299. The van der Waals surface area contributed by atoms with Crippen molar-refractivity contribution in [1.29, 1.82) is 0 Å². The summed E-state index contributed by atoms with van der Waals surface area (Å²) >= 11 is 9.38. The van der Waals surface area contributed by atoms with Crippen LogP contribution in [-0.2, 0) is 10.3 Å². The molecule has 27 heavy (non-hydrogen) atoms. The van der Waals surface area contributed by atoms with Crippen molar-refractivity contribution in [1.82, 2.24) is 0 Å². The molecule has 1 spiro atoms. The van der Waals surface area contributed by atoms with Crippen LogP contribution in [0.4, 0.5) is 0 Å². The summed E-state index contributed by atoms with van der Waals surface area (Å²) in [5.74, 6) is 1.20. The van der Waals surface area contributed by atoms with Gasteiger partial charge in [0.15, 0.2) is 11.4 Å². The van der Waals surface area contributed by atoms with E-state index in [1.807, 2.05) is 48.5 Å². The number of halogens is 4. The highest BCUT2D eigenvalue weighted by Crippen LogP contribution is 2.59. The van der Waals surface area contributed by atoms with Gasteiger partial charge in [-0.25, -0.2) is 4.79 Å². The quantitative estimate of drug-likeness (QED) is 0.110. The lowest BCUT2D eigenvalue weighted by Crippen LogP contribution is -2.35. The van der Waals surface area contributed by atoms with Gasteiger partial charge in [-0.05, 0) is 102 Å². The number of rotatable bonds is 0. The third-order valence-corrected chi connectivity index (χ3v) is 12.2. The van der Waals surface area contributed by atoms with E-state index in [9.17, 15) is 4.79 Å². The first-order chi connectivity index (χ1) is 13.0. The van der Waals surface area contributed by atoms with Crippen LogP contribution in [0.1, 0.15) is 27.0 Å². The zero-order valence-corrected chi connectivity index (χ0v) is 22.0. The Balaban J connectivity index is 1.99. The molecule has 2 aliphatic heterocycles. The van der Waals surface area contributed by atoms with Crippen molar-refractivity contribution >= 4 is 96.3 Å².